The summed E-state index contributed by atoms with van der Waals surface area (Å²) < 4.78 is 9.19. The van der Waals surface area contributed by atoms with Gasteiger partial charge in [0.05, 0.1) is 11.0 Å². The predicted molar refractivity (Wildman–Crippen MR) is 249 cm³/mol. The largest absolute Gasteiger partial charge is 0.455 e. The molecule has 0 saturated heterocycles. The highest BCUT2D eigenvalue weighted by Crippen LogP contribution is 2.46. The van der Waals surface area contributed by atoms with Gasteiger partial charge in [0.1, 0.15) is 11.2 Å². The molecule has 3 nitrogen and oxygen atoms in total. The number of aryl methyl sites for hydroxylation is 2. The van der Waals surface area contributed by atoms with Gasteiger partial charge in [-0.1, -0.05) is 140 Å². The van der Waals surface area contributed by atoms with E-state index in [1.165, 1.54) is 55.2 Å². The Hall–Kier alpha value is -7.62. The minimum atomic E-state index is 0.873. The summed E-state index contributed by atoms with van der Waals surface area (Å²) >= 11 is 0. The van der Waals surface area contributed by atoms with E-state index in [2.05, 4.69) is 230 Å². The fourth-order valence-corrected chi connectivity index (χ4v) is 9.04. The van der Waals surface area contributed by atoms with E-state index in [1.54, 1.807) is 0 Å². The van der Waals surface area contributed by atoms with E-state index < -0.39 is 0 Å². The molecule has 0 fully saturated rings. The molecule has 3 heteroatoms. The van der Waals surface area contributed by atoms with Gasteiger partial charge in [0.2, 0.25) is 0 Å². The molecule has 0 amide bonds. The first-order chi connectivity index (χ1) is 29.1. The number of para-hydroxylation sites is 3. The summed E-state index contributed by atoms with van der Waals surface area (Å²) in [6.07, 6.45) is 0. The maximum Gasteiger partial charge on any atom is 0.143 e. The Bertz CT molecular complexity index is 3300. The first kappa shape index (κ1) is 34.6. The molecule has 280 valence electrons. The van der Waals surface area contributed by atoms with E-state index in [-0.39, 0.29) is 0 Å². The number of furan rings is 1. The van der Waals surface area contributed by atoms with Gasteiger partial charge in [-0.15, -0.1) is 0 Å². The lowest BCUT2D eigenvalue weighted by Gasteiger charge is -2.29. The number of anilines is 3. The maximum atomic E-state index is 6.80. The molecule has 0 atom stereocenters. The van der Waals surface area contributed by atoms with Crippen molar-refractivity contribution in [2.24, 2.45) is 0 Å². The third-order valence-corrected chi connectivity index (χ3v) is 11.8. The lowest BCUT2D eigenvalue weighted by Crippen LogP contribution is -2.12. The standard InChI is InChI=1S/C56H40N2O/c1-37-33-44(29-30-46(37)40-18-7-4-8-19-40)57(52-31-28-41(32-38(52)2)39-16-5-3-6-17-39)45-35-50(56-51(36-45)49-24-11-14-27-55(49)59-56)42-20-15-21-43(34-42)58-53-25-12-9-22-47(53)48-23-10-13-26-54(48)58/h3-36H,1-2H3. The molecule has 2 aromatic heterocycles. The topological polar surface area (TPSA) is 21.3 Å². The molecular formula is C56H40N2O. The quantitative estimate of drug-likeness (QED) is 0.161. The highest BCUT2D eigenvalue weighted by Gasteiger charge is 2.22. The van der Waals surface area contributed by atoms with Crippen molar-refractivity contribution in [3.05, 3.63) is 217 Å². The van der Waals surface area contributed by atoms with Gasteiger partial charge in [-0.3, -0.25) is 0 Å². The minimum absolute atomic E-state index is 0.873. The van der Waals surface area contributed by atoms with Gasteiger partial charge in [0, 0.05) is 49.9 Å². The summed E-state index contributed by atoms with van der Waals surface area (Å²) in [6, 6.07) is 74.3. The lowest BCUT2D eigenvalue weighted by atomic mass is 9.97. The van der Waals surface area contributed by atoms with Crippen LogP contribution in [0.1, 0.15) is 11.1 Å². The third-order valence-electron chi connectivity index (χ3n) is 11.8. The zero-order chi connectivity index (χ0) is 39.5. The number of benzene rings is 9. The Morgan fingerprint density at radius 3 is 1.75 bits per heavy atom. The second-order valence-electron chi connectivity index (χ2n) is 15.5. The van der Waals surface area contributed by atoms with Gasteiger partial charge in [0.25, 0.3) is 0 Å². The van der Waals surface area contributed by atoms with Crippen molar-refractivity contribution >= 4 is 60.8 Å². The number of hydrogen-bond acceptors (Lipinski definition) is 2. The van der Waals surface area contributed by atoms with Crippen LogP contribution in [0.25, 0.3) is 82.8 Å². The van der Waals surface area contributed by atoms with Crippen molar-refractivity contribution in [2.75, 3.05) is 4.90 Å². The van der Waals surface area contributed by atoms with Crippen LogP contribution in [0.2, 0.25) is 0 Å². The van der Waals surface area contributed by atoms with Gasteiger partial charge in [-0.05, 0) is 120 Å². The summed E-state index contributed by atoms with van der Waals surface area (Å²) in [5.74, 6) is 0. The number of hydrogen-bond donors (Lipinski definition) is 0. The van der Waals surface area contributed by atoms with Gasteiger partial charge >= 0.3 is 0 Å². The van der Waals surface area contributed by atoms with E-state index >= 15 is 0 Å². The predicted octanol–water partition coefficient (Wildman–Crippen LogP) is 15.8. The monoisotopic (exact) mass is 756 g/mol. The molecular weight excluding hydrogens is 717 g/mol. The second-order valence-corrected chi connectivity index (χ2v) is 15.5. The van der Waals surface area contributed by atoms with Crippen molar-refractivity contribution in [1.29, 1.82) is 0 Å². The fraction of sp³-hybridized carbons (Fsp3) is 0.0357. The number of aromatic nitrogens is 1. The summed E-state index contributed by atoms with van der Waals surface area (Å²) in [5.41, 5.74) is 17.8. The Balaban J connectivity index is 1.15. The molecule has 0 aliphatic carbocycles. The summed E-state index contributed by atoms with van der Waals surface area (Å²) in [6.45, 7) is 4.44. The average Bonchev–Trinajstić information content (AvgIpc) is 3.83. The van der Waals surface area contributed by atoms with E-state index in [0.29, 0.717) is 0 Å². The Morgan fingerprint density at radius 2 is 1.03 bits per heavy atom. The highest BCUT2D eigenvalue weighted by molar-refractivity contribution is 6.12. The van der Waals surface area contributed by atoms with E-state index in [1.807, 2.05) is 0 Å². The molecule has 11 rings (SSSR count). The van der Waals surface area contributed by atoms with Crippen molar-refractivity contribution < 1.29 is 4.42 Å². The molecule has 0 aliphatic heterocycles. The molecule has 0 saturated carbocycles. The molecule has 0 N–H and O–H groups in total. The first-order valence-corrected chi connectivity index (χ1v) is 20.3. The van der Waals surface area contributed by atoms with Crippen LogP contribution >= 0.6 is 0 Å². The van der Waals surface area contributed by atoms with Crippen LogP contribution in [-0.4, -0.2) is 4.57 Å². The summed E-state index contributed by atoms with van der Waals surface area (Å²) in [7, 11) is 0. The first-order valence-electron chi connectivity index (χ1n) is 20.3. The Morgan fingerprint density at radius 1 is 0.390 bits per heavy atom. The normalized spacial score (nSPS) is 11.6. The molecule has 9 aromatic carbocycles. The maximum absolute atomic E-state index is 6.80. The number of nitrogens with zero attached hydrogens (tertiary/aromatic N) is 2. The van der Waals surface area contributed by atoms with Crippen LogP contribution in [0.4, 0.5) is 17.1 Å². The van der Waals surface area contributed by atoms with Crippen molar-refractivity contribution in [2.45, 2.75) is 13.8 Å². The van der Waals surface area contributed by atoms with Gasteiger partial charge in [0.15, 0.2) is 0 Å². The molecule has 0 unspecified atom stereocenters. The SMILES string of the molecule is Cc1cc(N(c2cc(-c3cccc(-n4c5ccccc5c5ccccc54)c3)c3oc4ccccc4c3c2)c2ccc(-c3ccccc3)cc2C)ccc1-c1ccccc1. The van der Waals surface area contributed by atoms with Gasteiger partial charge in [-0.25, -0.2) is 0 Å². The zero-order valence-electron chi connectivity index (χ0n) is 32.9. The lowest BCUT2D eigenvalue weighted by molar-refractivity contribution is 0.670. The van der Waals surface area contributed by atoms with Crippen LogP contribution in [0, 0.1) is 13.8 Å². The van der Waals surface area contributed by atoms with E-state index in [4.69, 9.17) is 4.42 Å². The molecule has 2 heterocycles. The highest BCUT2D eigenvalue weighted by atomic mass is 16.3. The summed E-state index contributed by atoms with van der Waals surface area (Å²) in [4.78, 5) is 2.42. The van der Waals surface area contributed by atoms with Gasteiger partial charge in [-0.2, -0.15) is 0 Å². The van der Waals surface area contributed by atoms with E-state index in [9.17, 15) is 0 Å². The molecule has 11 aromatic rings. The van der Waals surface area contributed by atoms with Crippen LogP contribution in [0.3, 0.4) is 0 Å². The van der Waals surface area contributed by atoms with Crippen LogP contribution in [0.5, 0.6) is 0 Å². The van der Waals surface area contributed by atoms with E-state index in [0.717, 1.165) is 55.8 Å². The fourth-order valence-electron chi connectivity index (χ4n) is 9.04. The zero-order valence-corrected chi connectivity index (χ0v) is 32.9. The molecule has 59 heavy (non-hydrogen) atoms. The molecule has 0 spiro atoms. The molecule has 0 radical (unpaired) electrons. The van der Waals surface area contributed by atoms with Crippen molar-refractivity contribution in [1.82, 2.24) is 4.57 Å². The minimum Gasteiger partial charge on any atom is -0.455 e. The van der Waals surface area contributed by atoms with Crippen molar-refractivity contribution in [3.8, 4) is 39.1 Å². The third kappa shape index (κ3) is 5.90. The number of fused-ring (bicyclic) bond motifs is 6. The number of rotatable bonds is 7. The van der Waals surface area contributed by atoms with Crippen LogP contribution < -0.4 is 4.90 Å². The van der Waals surface area contributed by atoms with Crippen LogP contribution in [-0.2, 0) is 0 Å². The molecule has 0 bridgehead atoms. The second kappa shape index (κ2) is 14.1. The van der Waals surface area contributed by atoms with Gasteiger partial charge < -0.3 is 13.9 Å². The molecule has 0 aliphatic rings. The van der Waals surface area contributed by atoms with Crippen molar-refractivity contribution in [3.63, 3.8) is 0 Å². The Labute approximate surface area is 343 Å². The smallest absolute Gasteiger partial charge is 0.143 e. The Kier molecular flexibility index (Phi) is 8.27. The summed E-state index contributed by atoms with van der Waals surface area (Å²) in [5, 5.41) is 4.66. The van der Waals surface area contributed by atoms with Crippen LogP contribution in [0.15, 0.2) is 211 Å². The average molecular weight is 757 g/mol.